The van der Waals surface area contributed by atoms with Gasteiger partial charge in [-0.2, -0.15) is 4.80 Å². The van der Waals surface area contributed by atoms with Crippen LogP contribution >= 0.6 is 0 Å². The number of benzene rings is 2. The van der Waals surface area contributed by atoms with Crippen molar-refractivity contribution < 1.29 is 0 Å². The maximum absolute atomic E-state index is 5.86. The summed E-state index contributed by atoms with van der Waals surface area (Å²) in [5.74, 6) is 2.93. The average Bonchev–Trinajstić information content (AvgIpc) is 3.04. The molecular formula is C22H24N4. The predicted octanol–water partition coefficient (Wildman–Crippen LogP) is 4.47. The quantitative estimate of drug-likeness (QED) is 0.698. The lowest BCUT2D eigenvalue weighted by atomic mass is 9.48. The number of rotatable bonds is 2. The second kappa shape index (κ2) is 5.09. The molecule has 0 radical (unpaired) electrons. The Morgan fingerprint density at radius 1 is 0.808 bits per heavy atom. The standard InChI is InChI=1S/C22H24N4/c23-18-3-6-20-21(10-18)25-26(24-20)19-4-1-17(2-5-19)22-11-14-7-15(12-22)9-16(8-14)13-22/h1-6,10,14-16H,7-9,11-13,23H2. The third-order valence-electron chi connectivity index (χ3n) is 7.15. The van der Waals surface area contributed by atoms with Crippen LogP contribution in [0.1, 0.15) is 44.1 Å². The van der Waals surface area contributed by atoms with Gasteiger partial charge in [-0.25, -0.2) is 0 Å². The van der Waals surface area contributed by atoms with Crippen molar-refractivity contribution in [1.82, 2.24) is 15.0 Å². The van der Waals surface area contributed by atoms with Crippen molar-refractivity contribution in [2.24, 2.45) is 17.8 Å². The monoisotopic (exact) mass is 344 g/mol. The highest BCUT2D eigenvalue weighted by Crippen LogP contribution is 2.60. The van der Waals surface area contributed by atoms with Gasteiger partial charge in [0.1, 0.15) is 11.0 Å². The molecule has 0 atom stereocenters. The van der Waals surface area contributed by atoms with Gasteiger partial charge < -0.3 is 5.73 Å². The molecular weight excluding hydrogens is 320 g/mol. The van der Waals surface area contributed by atoms with E-state index in [0.717, 1.165) is 40.2 Å². The van der Waals surface area contributed by atoms with Crippen LogP contribution < -0.4 is 5.73 Å². The molecule has 4 aliphatic rings. The molecule has 4 heteroatoms. The average molecular weight is 344 g/mol. The van der Waals surface area contributed by atoms with Crippen LogP contribution in [-0.4, -0.2) is 15.0 Å². The molecule has 4 aliphatic carbocycles. The van der Waals surface area contributed by atoms with Gasteiger partial charge in [0.15, 0.2) is 0 Å². The minimum Gasteiger partial charge on any atom is -0.399 e. The highest BCUT2D eigenvalue weighted by atomic mass is 15.5. The van der Waals surface area contributed by atoms with Crippen LogP contribution in [0.25, 0.3) is 16.7 Å². The third kappa shape index (κ3) is 2.14. The van der Waals surface area contributed by atoms with Crippen molar-refractivity contribution in [2.45, 2.75) is 43.9 Å². The van der Waals surface area contributed by atoms with E-state index in [0.29, 0.717) is 5.41 Å². The van der Waals surface area contributed by atoms with Gasteiger partial charge >= 0.3 is 0 Å². The van der Waals surface area contributed by atoms with E-state index in [4.69, 9.17) is 5.73 Å². The maximum Gasteiger partial charge on any atom is 0.115 e. The Bertz CT molecular complexity index is 950. The van der Waals surface area contributed by atoms with Gasteiger partial charge in [0, 0.05) is 5.69 Å². The van der Waals surface area contributed by atoms with Crippen molar-refractivity contribution in [2.75, 3.05) is 5.73 Å². The second-order valence-corrected chi connectivity index (χ2v) is 8.98. The number of fused-ring (bicyclic) bond motifs is 1. The van der Waals surface area contributed by atoms with E-state index in [1.165, 1.54) is 38.5 Å². The summed E-state index contributed by atoms with van der Waals surface area (Å²) in [7, 11) is 0. The number of nitrogens with zero attached hydrogens (tertiary/aromatic N) is 3. The normalized spacial score (nSPS) is 32.4. The first-order valence-electron chi connectivity index (χ1n) is 9.90. The van der Waals surface area contributed by atoms with Gasteiger partial charge in [0.05, 0.1) is 5.69 Å². The van der Waals surface area contributed by atoms with Crippen LogP contribution in [0.15, 0.2) is 42.5 Å². The molecule has 0 saturated heterocycles. The summed E-state index contributed by atoms with van der Waals surface area (Å²) in [6.07, 6.45) is 8.68. The minimum atomic E-state index is 0.448. The molecule has 7 rings (SSSR count). The van der Waals surface area contributed by atoms with Crippen molar-refractivity contribution in [3.05, 3.63) is 48.0 Å². The minimum absolute atomic E-state index is 0.448. The van der Waals surface area contributed by atoms with Gasteiger partial charge in [-0.1, -0.05) is 12.1 Å². The fourth-order valence-corrected chi connectivity index (χ4v) is 6.46. The first kappa shape index (κ1) is 14.8. The molecule has 2 N–H and O–H groups in total. The van der Waals surface area contributed by atoms with E-state index in [1.807, 2.05) is 18.2 Å². The summed E-state index contributed by atoms with van der Waals surface area (Å²) >= 11 is 0. The number of nitrogen functional groups attached to an aromatic ring is 1. The number of hydrogen-bond acceptors (Lipinski definition) is 3. The Hall–Kier alpha value is -2.36. The zero-order chi connectivity index (χ0) is 17.3. The van der Waals surface area contributed by atoms with Crippen molar-refractivity contribution >= 4 is 16.7 Å². The Morgan fingerprint density at radius 2 is 1.42 bits per heavy atom. The van der Waals surface area contributed by atoms with Gasteiger partial charge in [-0.3, -0.25) is 0 Å². The second-order valence-electron chi connectivity index (χ2n) is 8.98. The SMILES string of the molecule is Nc1ccc2nn(-c3ccc(C45CC6CC(CC(C6)C4)C5)cc3)nc2c1. The fourth-order valence-electron chi connectivity index (χ4n) is 6.46. The number of anilines is 1. The van der Waals surface area contributed by atoms with Crippen LogP contribution in [0.4, 0.5) is 5.69 Å². The van der Waals surface area contributed by atoms with Crippen LogP contribution in [0.5, 0.6) is 0 Å². The first-order chi connectivity index (χ1) is 12.7. The van der Waals surface area contributed by atoms with E-state index < -0.39 is 0 Å². The highest BCUT2D eigenvalue weighted by Gasteiger charge is 2.51. The Balaban J connectivity index is 1.35. The van der Waals surface area contributed by atoms with Crippen LogP contribution in [0.3, 0.4) is 0 Å². The smallest absolute Gasteiger partial charge is 0.115 e. The van der Waals surface area contributed by atoms with E-state index in [9.17, 15) is 0 Å². The molecule has 0 aliphatic heterocycles. The third-order valence-corrected chi connectivity index (χ3v) is 7.15. The first-order valence-corrected chi connectivity index (χ1v) is 9.90. The molecule has 0 amide bonds. The molecule has 4 saturated carbocycles. The molecule has 4 fully saturated rings. The summed E-state index contributed by atoms with van der Waals surface area (Å²) in [6.45, 7) is 0. The molecule has 1 aromatic heterocycles. The topological polar surface area (TPSA) is 56.7 Å². The summed E-state index contributed by atoms with van der Waals surface area (Å²) in [6, 6.07) is 14.7. The molecule has 4 nitrogen and oxygen atoms in total. The van der Waals surface area contributed by atoms with Crippen LogP contribution in [-0.2, 0) is 5.41 Å². The Labute approximate surface area is 153 Å². The molecule has 26 heavy (non-hydrogen) atoms. The maximum atomic E-state index is 5.86. The summed E-state index contributed by atoms with van der Waals surface area (Å²) < 4.78 is 0. The lowest BCUT2D eigenvalue weighted by molar-refractivity contribution is -0.00518. The molecule has 0 spiro atoms. The van der Waals surface area contributed by atoms with Gasteiger partial charge in [0.25, 0.3) is 0 Å². The van der Waals surface area contributed by atoms with Crippen LogP contribution in [0, 0.1) is 17.8 Å². The van der Waals surface area contributed by atoms with E-state index in [-0.39, 0.29) is 0 Å². The number of hydrogen-bond donors (Lipinski definition) is 1. The Kier molecular flexibility index (Phi) is 2.89. The van der Waals surface area contributed by atoms with E-state index in [1.54, 1.807) is 10.4 Å². The molecule has 132 valence electrons. The fraction of sp³-hybridized carbons (Fsp3) is 0.455. The summed E-state index contributed by atoms with van der Waals surface area (Å²) in [4.78, 5) is 1.73. The number of nitrogens with two attached hydrogens (primary N) is 1. The van der Waals surface area contributed by atoms with Crippen molar-refractivity contribution in [3.63, 3.8) is 0 Å². The highest BCUT2D eigenvalue weighted by molar-refractivity contribution is 5.77. The van der Waals surface area contributed by atoms with Crippen molar-refractivity contribution in [1.29, 1.82) is 0 Å². The van der Waals surface area contributed by atoms with Gasteiger partial charge in [-0.15, -0.1) is 10.2 Å². The van der Waals surface area contributed by atoms with E-state index in [2.05, 4.69) is 34.5 Å². The predicted molar refractivity (Wildman–Crippen MR) is 103 cm³/mol. The Morgan fingerprint density at radius 3 is 2.08 bits per heavy atom. The summed E-state index contributed by atoms with van der Waals surface area (Å²) in [5, 5.41) is 9.19. The molecule has 0 unspecified atom stereocenters. The van der Waals surface area contributed by atoms with Gasteiger partial charge in [0.2, 0.25) is 0 Å². The van der Waals surface area contributed by atoms with E-state index >= 15 is 0 Å². The zero-order valence-electron chi connectivity index (χ0n) is 14.9. The number of aromatic nitrogens is 3. The molecule has 3 aromatic rings. The van der Waals surface area contributed by atoms with Gasteiger partial charge in [-0.05, 0) is 97.6 Å². The van der Waals surface area contributed by atoms with Crippen molar-refractivity contribution in [3.8, 4) is 5.69 Å². The largest absolute Gasteiger partial charge is 0.399 e. The molecule has 2 aromatic carbocycles. The lowest BCUT2D eigenvalue weighted by Gasteiger charge is -2.57. The molecule has 4 bridgehead atoms. The summed E-state index contributed by atoms with van der Waals surface area (Å²) in [5.41, 5.74) is 11.3. The zero-order valence-corrected chi connectivity index (χ0v) is 14.9. The lowest BCUT2D eigenvalue weighted by Crippen LogP contribution is -2.48. The van der Waals surface area contributed by atoms with Crippen LogP contribution in [0.2, 0.25) is 0 Å². The molecule has 1 heterocycles.